The van der Waals surface area contributed by atoms with Gasteiger partial charge in [0.15, 0.2) is 5.82 Å². The molecule has 0 atom stereocenters. The van der Waals surface area contributed by atoms with Crippen molar-refractivity contribution in [1.29, 1.82) is 0 Å². The fourth-order valence-corrected chi connectivity index (χ4v) is 5.91. The second-order valence-electron chi connectivity index (χ2n) is 9.88. The first kappa shape index (κ1) is 28.1. The molecule has 2 amide bonds. The molecule has 0 radical (unpaired) electrons. The number of hydrogen-bond donors (Lipinski definition) is 2. The molecule has 10 heteroatoms. The minimum absolute atomic E-state index is 0.00209. The third kappa shape index (κ3) is 6.57. The van der Waals surface area contributed by atoms with E-state index < -0.39 is 6.09 Å². The normalized spacial score (nSPS) is 15.9. The first-order valence-electron chi connectivity index (χ1n) is 13.3. The molecule has 0 saturated carbocycles. The van der Waals surface area contributed by atoms with Crippen LogP contribution < -0.4 is 15.5 Å². The van der Waals surface area contributed by atoms with Crippen LogP contribution in [0.15, 0.2) is 36.4 Å². The van der Waals surface area contributed by atoms with Gasteiger partial charge in [-0.1, -0.05) is 50.1 Å². The van der Waals surface area contributed by atoms with Gasteiger partial charge in [0.1, 0.15) is 0 Å². The molecule has 2 aliphatic rings. The Balaban J connectivity index is 0.00000107. The van der Waals surface area contributed by atoms with Crippen molar-refractivity contribution in [1.82, 2.24) is 9.69 Å². The van der Waals surface area contributed by atoms with Crippen LogP contribution in [0.2, 0.25) is 5.02 Å². The molecule has 1 fully saturated rings. The number of rotatable bonds is 7. The summed E-state index contributed by atoms with van der Waals surface area (Å²) in [6.45, 7) is 11.0. The van der Waals surface area contributed by atoms with Gasteiger partial charge < -0.3 is 20.3 Å². The van der Waals surface area contributed by atoms with Crippen LogP contribution in [0.25, 0.3) is 10.1 Å². The number of amides is 2. The lowest BCUT2D eigenvalue weighted by atomic mass is 10.0. The molecule has 2 aliphatic heterocycles. The van der Waals surface area contributed by atoms with Gasteiger partial charge in [0.05, 0.1) is 43.8 Å². The predicted molar refractivity (Wildman–Crippen MR) is 155 cm³/mol. The highest BCUT2D eigenvalue weighted by atomic mass is 35.5. The number of nitrogens with one attached hydrogen (secondary N) is 2. The van der Waals surface area contributed by atoms with E-state index in [0.717, 1.165) is 61.8 Å². The highest BCUT2D eigenvalue weighted by Crippen LogP contribution is 2.32. The standard InChI is InChI=1S/C25H28ClN5O3S.C3H8/c1-2-27-25(33)34-16-31(10-7-17-13-18-14-23(32)28-21(18)15-20(17)26)11-8-30(9-12-31)24-19-5-3-4-6-22(19)35-29-24;1-3-2/h3-6,13,15H,2,7-12,14,16H2,1H3,(H-,27,28,32,33);3H2,1-2H3/p+1. The van der Waals surface area contributed by atoms with Crippen LogP contribution >= 0.6 is 23.1 Å². The summed E-state index contributed by atoms with van der Waals surface area (Å²) in [4.78, 5) is 26.2. The second-order valence-corrected chi connectivity index (χ2v) is 11.1. The second kappa shape index (κ2) is 12.8. The number of halogens is 1. The van der Waals surface area contributed by atoms with Crippen LogP contribution in [0.4, 0.5) is 16.3 Å². The number of carbonyl (C=O) groups is 2. The Morgan fingerprint density at radius 3 is 2.68 bits per heavy atom. The van der Waals surface area contributed by atoms with Crippen molar-refractivity contribution in [3.8, 4) is 0 Å². The molecule has 0 spiro atoms. The number of alkyl carbamates (subject to hydrolysis) is 1. The van der Waals surface area contributed by atoms with Crippen molar-refractivity contribution in [2.45, 2.75) is 40.0 Å². The summed E-state index contributed by atoms with van der Waals surface area (Å²) >= 11 is 8.09. The zero-order valence-electron chi connectivity index (χ0n) is 22.4. The number of nitrogens with zero attached hydrogens (tertiary/aromatic N) is 3. The molecule has 38 heavy (non-hydrogen) atoms. The average Bonchev–Trinajstić information content (AvgIpc) is 3.50. The molecule has 204 valence electrons. The number of piperazine rings is 1. The van der Waals surface area contributed by atoms with Crippen LogP contribution in [-0.2, 0) is 22.4 Å². The van der Waals surface area contributed by atoms with Gasteiger partial charge in [-0.05, 0) is 47.8 Å². The van der Waals surface area contributed by atoms with E-state index in [0.29, 0.717) is 29.2 Å². The summed E-state index contributed by atoms with van der Waals surface area (Å²) in [6.07, 6.45) is 1.98. The van der Waals surface area contributed by atoms with Gasteiger partial charge in [0.2, 0.25) is 12.6 Å². The van der Waals surface area contributed by atoms with Crippen molar-refractivity contribution in [2.24, 2.45) is 0 Å². The minimum Gasteiger partial charge on any atom is -0.399 e. The molecule has 5 rings (SSSR count). The maximum Gasteiger partial charge on any atom is 0.411 e. The number of anilines is 2. The monoisotopic (exact) mass is 558 g/mol. The summed E-state index contributed by atoms with van der Waals surface area (Å²) in [7, 11) is 0. The quantitative estimate of drug-likeness (QED) is 0.377. The lowest BCUT2D eigenvalue weighted by Gasteiger charge is -2.44. The highest BCUT2D eigenvalue weighted by Gasteiger charge is 2.35. The number of carbonyl (C=O) groups excluding carboxylic acids is 2. The summed E-state index contributed by atoms with van der Waals surface area (Å²) in [6, 6.07) is 12.2. The van der Waals surface area contributed by atoms with Gasteiger partial charge in [-0.2, -0.15) is 4.37 Å². The van der Waals surface area contributed by atoms with E-state index in [-0.39, 0.29) is 5.91 Å². The molecular weight excluding hydrogens is 522 g/mol. The maximum absolute atomic E-state index is 12.1. The summed E-state index contributed by atoms with van der Waals surface area (Å²) in [5, 5.41) is 7.41. The van der Waals surface area contributed by atoms with Crippen molar-refractivity contribution in [2.75, 3.05) is 56.2 Å². The Labute approximate surface area is 233 Å². The van der Waals surface area contributed by atoms with Crippen LogP contribution in [0.1, 0.15) is 38.3 Å². The molecule has 1 aromatic heterocycles. The van der Waals surface area contributed by atoms with Crippen LogP contribution in [-0.4, -0.2) is 66.9 Å². The Hall–Kier alpha value is -2.88. The lowest BCUT2D eigenvalue weighted by molar-refractivity contribution is -0.943. The van der Waals surface area contributed by atoms with E-state index in [9.17, 15) is 9.59 Å². The molecule has 0 unspecified atom stereocenters. The number of aromatic nitrogens is 1. The minimum atomic E-state index is -0.391. The number of hydrogen-bond acceptors (Lipinski definition) is 6. The maximum atomic E-state index is 12.1. The SMILES string of the molecule is CCC.CCNC(=O)OC[N+]1(CCc2cc3c(cc2Cl)NC(=O)C3)CCN(c2nsc3ccccc23)CC1. The lowest BCUT2D eigenvalue weighted by Crippen LogP contribution is -2.61. The van der Waals surface area contributed by atoms with Gasteiger partial charge >= 0.3 is 6.09 Å². The fourth-order valence-electron chi connectivity index (χ4n) is 4.86. The Kier molecular flexibility index (Phi) is 9.46. The van der Waals surface area contributed by atoms with Gasteiger partial charge in [0.25, 0.3) is 0 Å². The van der Waals surface area contributed by atoms with Crippen LogP contribution in [0.3, 0.4) is 0 Å². The Morgan fingerprint density at radius 1 is 1.21 bits per heavy atom. The van der Waals surface area contributed by atoms with E-state index in [4.69, 9.17) is 20.7 Å². The topological polar surface area (TPSA) is 83.6 Å². The molecule has 2 aromatic carbocycles. The van der Waals surface area contributed by atoms with Crippen molar-refractivity contribution < 1.29 is 18.8 Å². The Bertz CT molecular complexity index is 1270. The molecule has 0 bridgehead atoms. The average molecular weight is 559 g/mol. The van der Waals surface area contributed by atoms with Gasteiger partial charge in [-0.15, -0.1) is 0 Å². The van der Waals surface area contributed by atoms with Gasteiger partial charge in [0, 0.05) is 29.1 Å². The first-order chi connectivity index (χ1) is 18.4. The van der Waals surface area contributed by atoms with E-state index >= 15 is 0 Å². The van der Waals surface area contributed by atoms with Crippen molar-refractivity contribution in [3.63, 3.8) is 0 Å². The van der Waals surface area contributed by atoms with E-state index in [1.165, 1.54) is 28.0 Å². The largest absolute Gasteiger partial charge is 0.411 e. The number of benzene rings is 2. The molecule has 2 N–H and O–H groups in total. The Morgan fingerprint density at radius 2 is 1.95 bits per heavy atom. The number of ether oxygens (including phenoxy) is 1. The highest BCUT2D eigenvalue weighted by molar-refractivity contribution is 7.13. The van der Waals surface area contributed by atoms with E-state index in [1.807, 2.05) is 31.2 Å². The van der Waals surface area contributed by atoms with E-state index in [1.54, 1.807) is 0 Å². The van der Waals surface area contributed by atoms with Crippen molar-refractivity contribution in [3.05, 3.63) is 52.5 Å². The summed E-state index contributed by atoms with van der Waals surface area (Å²) in [5.74, 6) is 1.03. The molecule has 0 aliphatic carbocycles. The molecule has 3 aromatic rings. The van der Waals surface area contributed by atoms with Gasteiger partial charge in [-0.25, -0.2) is 4.79 Å². The molecule has 1 saturated heterocycles. The van der Waals surface area contributed by atoms with E-state index in [2.05, 4.69) is 41.5 Å². The third-order valence-electron chi connectivity index (χ3n) is 6.89. The van der Waals surface area contributed by atoms with Gasteiger partial charge in [-0.3, -0.25) is 9.28 Å². The fraction of sp³-hybridized carbons (Fsp3) is 0.464. The predicted octanol–water partition coefficient (Wildman–Crippen LogP) is 5.44. The van der Waals surface area contributed by atoms with Crippen LogP contribution in [0, 0.1) is 0 Å². The van der Waals surface area contributed by atoms with Crippen molar-refractivity contribution >= 4 is 56.7 Å². The molecule has 3 heterocycles. The molecular formula is C28H37ClN5O3S+. The third-order valence-corrected chi connectivity index (χ3v) is 8.06. The van der Waals surface area contributed by atoms with Crippen LogP contribution in [0.5, 0.6) is 0 Å². The summed E-state index contributed by atoms with van der Waals surface area (Å²) in [5.41, 5.74) is 2.81. The zero-order valence-corrected chi connectivity index (χ0v) is 24.0. The summed E-state index contributed by atoms with van der Waals surface area (Å²) < 4.78 is 12.2. The smallest absolute Gasteiger partial charge is 0.399 e. The molecule has 8 nitrogen and oxygen atoms in total. The number of quaternary nitrogens is 1. The first-order valence-corrected chi connectivity index (χ1v) is 14.5. The number of fused-ring (bicyclic) bond motifs is 2. The zero-order chi connectivity index (χ0) is 27.1.